The summed E-state index contributed by atoms with van der Waals surface area (Å²) < 4.78 is 0. The number of amides is 2. The Hall–Kier alpha value is -1.84. The number of aryl methyl sites for hydroxylation is 2. The second-order valence-electron chi connectivity index (χ2n) is 6.36. The van der Waals surface area contributed by atoms with Gasteiger partial charge in [0.15, 0.2) is 0 Å². The third-order valence-electron chi connectivity index (χ3n) is 3.98. The fraction of sp³-hybridized carbons (Fsp3) is 0.579. The molecule has 0 saturated carbocycles. The molecular weight excluding hydrogens is 288 g/mol. The van der Waals surface area contributed by atoms with Crippen molar-refractivity contribution in [3.8, 4) is 0 Å². The quantitative estimate of drug-likeness (QED) is 0.646. The lowest BCUT2D eigenvalue weighted by Crippen LogP contribution is -2.44. The zero-order valence-electron chi connectivity index (χ0n) is 14.7. The van der Waals surface area contributed by atoms with Crippen LogP contribution in [0.4, 0.5) is 0 Å². The number of carbonyl (C=O) groups is 2. The summed E-state index contributed by atoms with van der Waals surface area (Å²) >= 11 is 0. The molecule has 0 heterocycles. The molecule has 0 spiro atoms. The summed E-state index contributed by atoms with van der Waals surface area (Å²) in [5.41, 5.74) is 8.07. The fourth-order valence-corrected chi connectivity index (χ4v) is 2.76. The molecule has 1 atom stereocenters. The van der Waals surface area contributed by atoms with Crippen LogP contribution in [0.25, 0.3) is 0 Å². The minimum absolute atomic E-state index is 0.230. The van der Waals surface area contributed by atoms with Crippen molar-refractivity contribution in [1.29, 1.82) is 0 Å². The van der Waals surface area contributed by atoms with Crippen molar-refractivity contribution < 1.29 is 9.59 Å². The molecule has 0 aliphatic carbocycles. The molecule has 23 heavy (non-hydrogen) atoms. The molecule has 0 saturated heterocycles. The first kappa shape index (κ1) is 19.2. The number of benzene rings is 1. The molecule has 0 aliphatic rings. The van der Waals surface area contributed by atoms with Gasteiger partial charge in [-0.3, -0.25) is 9.59 Å². The van der Waals surface area contributed by atoms with Crippen LogP contribution in [-0.2, 0) is 4.79 Å². The van der Waals surface area contributed by atoms with Crippen LogP contribution in [0.3, 0.4) is 0 Å². The van der Waals surface area contributed by atoms with Crippen LogP contribution in [0, 0.1) is 13.8 Å². The fourth-order valence-electron chi connectivity index (χ4n) is 2.76. The first-order valence-electron chi connectivity index (χ1n) is 8.62. The maximum Gasteiger partial charge on any atom is 0.251 e. The van der Waals surface area contributed by atoms with Gasteiger partial charge < -0.3 is 11.1 Å². The van der Waals surface area contributed by atoms with Crippen LogP contribution >= 0.6 is 0 Å². The molecule has 3 N–H and O–H groups in total. The summed E-state index contributed by atoms with van der Waals surface area (Å²) in [7, 11) is 0. The van der Waals surface area contributed by atoms with Crippen LogP contribution < -0.4 is 11.1 Å². The molecule has 2 amide bonds. The van der Waals surface area contributed by atoms with Gasteiger partial charge in [0.25, 0.3) is 5.91 Å². The van der Waals surface area contributed by atoms with Crippen LogP contribution in [0.15, 0.2) is 18.2 Å². The van der Waals surface area contributed by atoms with Crippen molar-refractivity contribution >= 4 is 11.8 Å². The van der Waals surface area contributed by atoms with E-state index in [4.69, 9.17) is 5.73 Å². The second kappa shape index (κ2) is 10.0. The molecule has 0 radical (unpaired) electrons. The van der Waals surface area contributed by atoms with Crippen LogP contribution in [0.2, 0.25) is 0 Å². The molecule has 128 valence electrons. The van der Waals surface area contributed by atoms with Gasteiger partial charge in [-0.1, -0.05) is 62.6 Å². The lowest BCUT2D eigenvalue weighted by atomic mass is 10.0. The van der Waals surface area contributed by atoms with Crippen LogP contribution in [-0.4, -0.2) is 17.9 Å². The highest BCUT2D eigenvalue weighted by Crippen LogP contribution is 2.11. The van der Waals surface area contributed by atoms with Gasteiger partial charge in [0, 0.05) is 5.56 Å². The number of hydrogen-bond acceptors (Lipinski definition) is 2. The Bertz CT molecular complexity index is 506. The van der Waals surface area contributed by atoms with Gasteiger partial charge in [0.2, 0.25) is 5.91 Å². The van der Waals surface area contributed by atoms with E-state index in [1.807, 2.05) is 32.0 Å². The molecular formula is C19H30N2O2. The van der Waals surface area contributed by atoms with E-state index in [-0.39, 0.29) is 5.91 Å². The SMILES string of the molecule is CCCCCCCC[C@@H](NC(=O)c1cc(C)cc(C)c1)C(N)=O. The first-order valence-corrected chi connectivity index (χ1v) is 8.62. The van der Waals surface area contributed by atoms with Gasteiger partial charge >= 0.3 is 0 Å². The van der Waals surface area contributed by atoms with E-state index in [9.17, 15) is 9.59 Å². The van der Waals surface area contributed by atoms with E-state index >= 15 is 0 Å². The Morgan fingerprint density at radius 2 is 1.57 bits per heavy atom. The normalized spacial score (nSPS) is 12.0. The predicted molar refractivity (Wildman–Crippen MR) is 94.4 cm³/mol. The van der Waals surface area contributed by atoms with E-state index in [0.717, 1.165) is 24.0 Å². The molecule has 0 aliphatic heterocycles. The average Bonchev–Trinajstić information content (AvgIpc) is 2.48. The molecule has 0 bridgehead atoms. The van der Waals surface area contributed by atoms with E-state index in [2.05, 4.69) is 12.2 Å². The summed E-state index contributed by atoms with van der Waals surface area (Å²) in [5, 5.41) is 2.78. The third kappa shape index (κ3) is 7.31. The van der Waals surface area contributed by atoms with Crippen LogP contribution in [0.5, 0.6) is 0 Å². The van der Waals surface area contributed by atoms with Gasteiger partial charge in [0.05, 0.1) is 0 Å². The van der Waals surface area contributed by atoms with Gasteiger partial charge in [-0.2, -0.15) is 0 Å². The lowest BCUT2D eigenvalue weighted by Gasteiger charge is -2.16. The molecule has 4 nitrogen and oxygen atoms in total. The standard InChI is InChI=1S/C19H30N2O2/c1-4-5-6-7-8-9-10-17(18(20)22)21-19(23)16-12-14(2)11-15(3)13-16/h11-13,17H,4-10H2,1-3H3,(H2,20,22)(H,21,23)/t17-/m1/s1. The minimum Gasteiger partial charge on any atom is -0.368 e. The van der Waals surface area contributed by atoms with Gasteiger partial charge in [-0.15, -0.1) is 0 Å². The van der Waals surface area contributed by atoms with Crippen molar-refractivity contribution in [3.05, 3.63) is 34.9 Å². The van der Waals surface area contributed by atoms with Crippen molar-refractivity contribution in [2.24, 2.45) is 5.73 Å². The largest absolute Gasteiger partial charge is 0.368 e. The third-order valence-corrected chi connectivity index (χ3v) is 3.98. The predicted octanol–water partition coefficient (Wildman–Crippen LogP) is 3.64. The monoisotopic (exact) mass is 318 g/mol. The van der Waals surface area contributed by atoms with Gasteiger partial charge in [0.1, 0.15) is 6.04 Å². The number of carbonyl (C=O) groups excluding carboxylic acids is 2. The lowest BCUT2D eigenvalue weighted by molar-refractivity contribution is -0.120. The maximum absolute atomic E-state index is 12.3. The van der Waals surface area contributed by atoms with Crippen molar-refractivity contribution in [1.82, 2.24) is 5.32 Å². The van der Waals surface area contributed by atoms with E-state index < -0.39 is 11.9 Å². The number of primary amides is 1. The highest BCUT2D eigenvalue weighted by Gasteiger charge is 2.18. The number of rotatable bonds is 10. The van der Waals surface area contributed by atoms with Crippen molar-refractivity contribution in [2.75, 3.05) is 0 Å². The molecule has 1 rings (SSSR count). The van der Waals surface area contributed by atoms with Crippen molar-refractivity contribution in [2.45, 2.75) is 71.8 Å². The molecule has 1 aromatic rings. The molecule has 0 fully saturated rings. The molecule has 1 aromatic carbocycles. The Labute approximate surface area is 139 Å². The number of unbranched alkanes of at least 4 members (excludes halogenated alkanes) is 5. The number of nitrogens with one attached hydrogen (secondary N) is 1. The number of hydrogen-bond donors (Lipinski definition) is 2. The summed E-state index contributed by atoms with van der Waals surface area (Å²) in [4.78, 5) is 23.9. The highest BCUT2D eigenvalue weighted by atomic mass is 16.2. The molecule has 0 unspecified atom stereocenters. The van der Waals surface area contributed by atoms with Crippen molar-refractivity contribution in [3.63, 3.8) is 0 Å². The van der Waals surface area contributed by atoms with Crippen LogP contribution in [0.1, 0.15) is 73.4 Å². The smallest absolute Gasteiger partial charge is 0.251 e. The van der Waals surface area contributed by atoms with E-state index in [0.29, 0.717) is 12.0 Å². The summed E-state index contributed by atoms with van der Waals surface area (Å²) in [6.07, 6.45) is 7.46. The highest BCUT2D eigenvalue weighted by molar-refractivity contribution is 5.97. The number of nitrogens with two attached hydrogens (primary N) is 1. The topological polar surface area (TPSA) is 72.2 Å². The Morgan fingerprint density at radius 3 is 2.13 bits per heavy atom. The zero-order chi connectivity index (χ0) is 17.2. The first-order chi connectivity index (χ1) is 10.9. The second-order valence-corrected chi connectivity index (χ2v) is 6.36. The minimum atomic E-state index is -0.588. The van der Waals surface area contributed by atoms with Gasteiger partial charge in [-0.05, 0) is 32.4 Å². The summed E-state index contributed by atoms with van der Waals surface area (Å²) in [6.45, 7) is 6.09. The Balaban J connectivity index is 2.51. The zero-order valence-corrected chi connectivity index (χ0v) is 14.7. The Morgan fingerprint density at radius 1 is 1.00 bits per heavy atom. The average molecular weight is 318 g/mol. The summed E-state index contributed by atoms with van der Waals surface area (Å²) in [6, 6.07) is 5.07. The summed E-state index contributed by atoms with van der Waals surface area (Å²) in [5.74, 6) is -0.692. The van der Waals surface area contributed by atoms with Gasteiger partial charge in [-0.25, -0.2) is 0 Å². The maximum atomic E-state index is 12.3. The molecule has 4 heteroatoms. The van der Waals surface area contributed by atoms with E-state index in [1.165, 1.54) is 25.7 Å². The molecule has 0 aromatic heterocycles. The Kier molecular flexibility index (Phi) is 8.38. The van der Waals surface area contributed by atoms with E-state index in [1.54, 1.807) is 0 Å².